The van der Waals surface area contributed by atoms with Crippen molar-refractivity contribution in [3.63, 3.8) is 0 Å². The summed E-state index contributed by atoms with van der Waals surface area (Å²) in [7, 11) is 0. The normalized spacial score (nSPS) is 26.8. The molecule has 1 saturated carbocycles. The first-order valence-electron chi connectivity index (χ1n) is 6.60. The highest BCUT2D eigenvalue weighted by Gasteiger charge is 2.60. The van der Waals surface area contributed by atoms with Crippen LogP contribution in [0.3, 0.4) is 0 Å². The maximum absolute atomic E-state index is 13.7. The summed E-state index contributed by atoms with van der Waals surface area (Å²) >= 11 is 5.81. The van der Waals surface area contributed by atoms with Gasteiger partial charge >= 0.3 is 0 Å². The molecule has 5 heteroatoms. The van der Waals surface area contributed by atoms with Gasteiger partial charge in [-0.05, 0) is 18.2 Å². The first-order valence-corrected chi connectivity index (χ1v) is 6.97. The van der Waals surface area contributed by atoms with Crippen LogP contribution < -0.4 is 11.1 Å². The fourth-order valence-corrected chi connectivity index (χ4v) is 3.60. The van der Waals surface area contributed by atoms with Crippen molar-refractivity contribution < 1.29 is 9.18 Å². The molecule has 0 radical (unpaired) electrons. The Morgan fingerprint density at radius 3 is 2.40 bits per heavy atom. The molecule has 2 rings (SSSR count). The number of carbonyl (C=O) groups excluding carboxylic acids is 1. The number of hydrogen-bond acceptors (Lipinski definition) is 2. The molecule has 0 heterocycles. The van der Waals surface area contributed by atoms with Crippen LogP contribution >= 0.6 is 11.6 Å². The first kappa shape index (κ1) is 15.3. The third kappa shape index (κ3) is 2.21. The molecule has 1 fully saturated rings. The van der Waals surface area contributed by atoms with Gasteiger partial charge in [0.1, 0.15) is 5.82 Å². The van der Waals surface area contributed by atoms with E-state index in [4.69, 9.17) is 17.3 Å². The minimum atomic E-state index is -0.578. The van der Waals surface area contributed by atoms with Crippen LogP contribution in [0.4, 0.5) is 4.39 Å². The van der Waals surface area contributed by atoms with Crippen LogP contribution in [0.15, 0.2) is 18.2 Å². The van der Waals surface area contributed by atoms with E-state index in [1.165, 1.54) is 18.2 Å². The van der Waals surface area contributed by atoms with E-state index in [1.807, 2.05) is 27.7 Å². The van der Waals surface area contributed by atoms with Crippen molar-refractivity contribution in [1.29, 1.82) is 0 Å². The van der Waals surface area contributed by atoms with Crippen LogP contribution in [0.5, 0.6) is 0 Å². The second-order valence-corrected chi connectivity index (χ2v) is 7.09. The molecule has 0 aliphatic heterocycles. The standard InChI is InChI=1S/C15H20ClFN2O/c1-14(2)12(18)15(3,4)13(14)19-11(20)9-7-8(16)5-6-10(9)17/h5-7,12-13H,18H2,1-4H3,(H,19,20). The Bertz CT molecular complexity index is 541. The average molecular weight is 299 g/mol. The number of halogens is 2. The summed E-state index contributed by atoms with van der Waals surface area (Å²) in [5.41, 5.74) is 5.65. The Labute approximate surface area is 123 Å². The highest BCUT2D eigenvalue weighted by atomic mass is 35.5. The number of benzene rings is 1. The van der Waals surface area contributed by atoms with Crippen molar-refractivity contribution in [1.82, 2.24) is 5.32 Å². The Kier molecular flexibility index (Phi) is 3.59. The molecular weight excluding hydrogens is 279 g/mol. The van der Waals surface area contributed by atoms with Crippen molar-refractivity contribution in [3.05, 3.63) is 34.6 Å². The van der Waals surface area contributed by atoms with Crippen molar-refractivity contribution in [2.75, 3.05) is 0 Å². The number of hydrogen-bond donors (Lipinski definition) is 2. The number of carbonyl (C=O) groups is 1. The minimum Gasteiger partial charge on any atom is -0.348 e. The number of nitrogens with one attached hydrogen (secondary N) is 1. The van der Waals surface area contributed by atoms with E-state index < -0.39 is 11.7 Å². The molecule has 3 N–H and O–H groups in total. The van der Waals surface area contributed by atoms with Crippen molar-refractivity contribution in [3.8, 4) is 0 Å². The van der Waals surface area contributed by atoms with Crippen molar-refractivity contribution in [2.24, 2.45) is 16.6 Å². The first-order chi connectivity index (χ1) is 9.08. The molecule has 1 aromatic carbocycles. The highest BCUT2D eigenvalue weighted by Crippen LogP contribution is 2.52. The van der Waals surface area contributed by atoms with E-state index in [0.717, 1.165) is 0 Å². The lowest BCUT2D eigenvalue weighted by molar-refractivity contribution is -0.0664. The van der Waals surface area contributed by atoms with Crippen molar-refractivity contribution >= 4 is 17.5 Å². The Morgan fingerprint density at radius 2 is 1.85 bits per heavy atom. The van der Waals surface area contributed by atoms with Crippen LogP contribution in [0, 0.1) is 16.6 Å². The van der Waals surface area contributed by atoms with Gasteiger partial charge in [0.2, 0.25) is 0 Å². The lowest BCUT2D eigenvalue weighted by atomic mass is 9.48. The predicted molar refractivity (Wildman–Crippen MR) is 78.2 cm³/mol. The molecular formula is C15H20ClFN2O. The van der Waals surface area contributed by atoms with Gasteiger partial charge in [-0.3, -0.25) is 4.79 Å². The van der Waals surface area contributed by atoms with Crippen LogP contribution in [-0.4, -0.2) is 18.0 Å². The third-order valence-corrected chi connectivity index (χ3v) is 4.77. The fourth-order valence-electron chi connectivity index (χ4n) is 3.43. The minimum absolute atomic E-state index is 0.0236. The lowest BCUT2D eigenvalue weighted by Gasteiger charge is -2.62. The maximum Gasteiger partial charge on any atom is 0.254 e. The largest absolute Gasteiger partial charge is 0.348 e. The van der Waals surface area contributed by atoms with Crippen LogP contribution in [0.1, 0.15) is 38.1 Å². The Morgan fingerprint density at radius 1 is 1.30 bits per heavy atom. The van der Waals surface area contributed by atoms with Crippen LogP contribution in [-0.2, 0) is 0 Å². The summed E-state index contributed by atoms with van der Waals surface area (Å²) < 4.78 is 13.7. The van der Waals surface area contributed by atoms with Gasteiger partial charge in [-0.1, -0.05) is 39.3 Å². The van der Waals surface area contributed by atoms with Crippen LogP contribution in [0.2, 0.25) is 5.02 Å². The number of nitrogens with two attached hydrogens (primary N) is 1. The topological polar surface area (TPSA) is 55.1 Å². The molecule has 0 saturated heterocycles. The highest BCUT2D eigenvalue weighted by molar-refractivity contribution is 6.31. The zero-order chi connectivity index (χ0) is 15.3. The summed E-state index contributed by atoms with van der Waals surface area (Å²) in [5.74, 6) is -1.03. The third-order valence-electron chi connectivity index (χ3n) is 4.54. The predicted octanol–water partition coefficient (Wildman–Crippen LogP) is 2.97. The average Bonchev–Trinajstić information content (AvgIpc) is 2.37. The second kappa shape index (κ2) is 4.71. The molecule has 0 unspecified atom stereocenters. The van der Waals surface area contributed by atoms with Gasteiger partial charge in [0, 0.05) is 27.9 Å². The quantitative estimate of drug-likeness (QED) is 0.882. The number of amides is 1. The summed E-state index contributed by atoms with van der Waals surface area (Å²) in [4.78, 5) is 12.3. The van der Waals surface area contributed by atoms with E-state index in [2.05, 4.69) is 5.32 Å². The van der Waals surface area contributed by atoms with Gasteiger partial charge < -0.3 is 11.1 Å². The zero-order valence-electron chi connectivity index (χ0n) is 12.1. The molecule has 0 spiro atoms. The molecule has 1 aliphatic rings. The van der Waals surface area contributed by atoms with Gasteiger partial charge in [0.25, 0.3) is 5.91 Å². The van der Waals surface area contributed by atoms with Gasteiger partial charge in [0.15, 0.2) is 0 Å². The molecule has 1 aromatic rings. The summed E-state index contributed by atoms with van der Waals surface area (Å²) in [5, 5.41) is 3.23. The van der Waals surface area contributed by atoms with Crippen LogP contribution in [0.25, 0.3) is 0 Å². The van der Waals surface area contributed by atoms with Crippen molar-refractivity contribution in [2.45, 2.75) is 39.8 Å². The summed E-state index contributed by atoms with van der Waals surface area (Å²) in [6.45, 7) is 8.01. The van der Waals surface area contributed by atoms with Gasteiger partial charge in [-0.15, -0.1) is 0 Å². The smallest absolute Gasteiger partial charge is 0.254 e. The molecule has 0 atom stereocenters. The fraction of sp³-hybridized carbons (Fsp3) is 0.533. The van der Waals surface area contributed by atoms with E-state index in [-0.39, 0.29) is 28.5 Å². The summed E-state index contributed by atoms with van der Waals surface area (Å²) in [6, 6.07) is 3.81. The van der Waals surface area contributed by atoms with E-state index in [1.54, 1.807) is 0 Å². The molecule has 1 aliphatic carbocycles. The van der Waals surface area contributed by atoms with E-state index in [0.29, 0.717) is 5.02 Å². The maximum atomic E-state index is 13.7. The molecule has 20 heavy (non-hydrogen) atoms. The van der Waals surface area contributed by atoms with Gasteiger partial charge in [-0.25, -0.2) is 4.39 Å². The van der Waals surface area contributed by atoms with Gasteiger partial charge in [-0.2, -0.15) is 0 Å². The monoisotopic (exact) mass is 298 g/mol. The molecule has 0 aromatic heterocycles. The molecule has 0 bridgehead atoms. The van der Waals surface area contributed by atoms with E-state index in [9.17, 15) is 9.18 Å². The van der Waals surface area contributed by atoms with Gasteiger partial charge in [0.05, 0.1) is 5.56 Å². The summed E-state index contributed by atoms with van der Waals surface area (Å²) in [6.07, 6.45) is 0. The molecule has 110 valence electrons. The zero-order valence-corrected chi connectivity index (χ0v) is 12.9. The Balaban J connectivity index is 2.22. The molecule has 1 amide bonds. The Hall–Kier alpha value is -1.13. The van der Waals surface area contributed by atoms with E-state index >= 15 is 0 Å². The lowest BCUT2D eigenvalue weighted by Crippen LogP contribution is -2.76. The number of rotatable bonds is 2. The second-order valence-electron chi connectivity index (χ2n) is 6.65. The molecule has 3 nitrogen and oxygen atoms in total. The SMILES string of the molecule is CC1(C)C(N)C(C)(C)C1NC(=O)c1cc(Cl)ccc1F.